The van der Waals surface area contributed by atoms with Gasteiger partial charge in [-0.15, -0.1) is 0 Å². The Morgan fingerprint density at radius 3 is 2.25 bits per heavy atom. The number of aromatic nitrogens is 1. The van der Waals surface area contributed by atoms with Crippen LogP contribution in [0, 0.1) is 19.8 Å². The smallest absolute Gasteiger partial charge is 0.338 e. The fraction of sp³-hybridized carbons (Fsp3) is 0.440. The lowest BCUT2D eigenvalue weighted by Gasteiger charge is -2.13. The van der Waals surface area contributed by atoms with Gasteiger partial charge in [0.1, 0.15) is 0 Å². The van der Waals surface area contributed by atoms with E-state index in [0.717, 1.165) is 29.9 Å². The highest BCUT2D eigenvalue weighted by molar-refractivity contribution is 6.02. The Balaban J connectivity index is 1.57. The van der Waals surface area contributed by atoms with Crippen LogP contribution in [0.15, 0.2) is 30.3 Å². The van der Waals surface area contributed by atoms with Crippen molar-refractivity contribution in [3.63, 3.8) is 0 Å². The van der Waals surface area contributed by atoms with E-state index in [9.17, 15) is 19.2 Å². The molecule has 0 bridgehead atoms. The zero-order chi connectivity index (χ0) is 23.4. The SMILES string of the molecule is Cc1cc(C(=O)COC(=O)c2ccc(CN3C(=O)CCC3=O)cc2)c(C)n1CCC(C)C. The molecule has 0 aliphatic carbocycles. The second-order valence-corrected chi connectivity index (χ2v) is 8.69. The quantitative estimate of drug-likeness (QED) is 0.337. The number of likely N-dealkylation sites (tertiary alicyclic amines) is 1. The minimum Gasteiger partial charge on any atom is -0.454 e. The molecule has 0 N–H and O–H groups in total. The van der Waals surface area contributed by atoms with E-state index in [1.807, 2.05) is 19.9 Å². The average molecular weight is 439 g/mol. The van der Waals surface area contributed by atoms with Crippen LogP contribution >= 0.6 is 0 Å². The Morgan fingerprint density at radius 2 is 1.66 bits per heavy atom. The lowest BCUT2D eigenvalue weighted by atomic mass is 10.1. The first-order valence-corrected chi connectivity index (χ1v) is 11.0. The van der Waals surface area contributed by atoms with Crippen LogP contribution in [-0.2, 0) is 27.4 Å². The van der Waals surface area contributed by atoms with E-state index in [1.165, 1.54) is 4.90 Å². The number of ketones is 1. The summed E-state index contributed by atoms with van der Waals surface area (Å²) in [6.45, 7) is 8.93. The lowest BCUT2D eigenvalue weighted by molar-refractivity contribution is -0.139. The predicted octanol–water partition coefficient (Wildman–Crippen LogP) is 3.84. The van der Waals surface area contributed by atoms with E-state index < -0.39 is 5.97 Å². The molecule has 1 aliphatic heterocycles. The van der Waals surface area contributed by atoms with Crippen molar-refractivity contribution in [2.24, 2.45) is 5.92 Å². The van der Waals surface area contributed by atoms with Gasteiger partial charge in [0.15, 0.2) is 6.61 Å². The van der Waals surface area contributed by atoms with Gasteiger partial charge in [-0.2, -0.15) is 0 Å². The average Bonchev–Trinajstić information content (AvgIpc) is 3.23. The highest BCUT2D eigenvalue weighted by atomic mass is 16.5. The minimum atomic E-state index is -0.591. The third kappa shape index (κ3) is 5.33. The molecule has 32 heavy (non-hydrogen) atoms. The van der Waals surface area contributed by atoms with Crippen molar-refractivity contribution in [1.29, 1.82) is 0 Å². The Hall–Kier alpha value is -3.22. The molecule has 1 fully saturated rings. The van der Waals surface area contributed by atoms with Gasteiger partial charge in [-0.3, -0.25) is 19.3 Å². The molecule has 2 aromatic rings. The summed E-state index contributed by atoms with van der Waals surface area (Å²) in [5, 5.41) is 0. The van der Waals surface area contributed by atoms with Crippen LogP contribution < -0.4 is 0 Å². The fourth-order valence-corrected chi connectivity index (χ4v) is 3.84. The number of ether oxygens (including phenoxy) is 1. The summed E-state index contributed by atoms with van der Waals surface area (Å²) >= 11 is 0. The van der Waals surface area contributed by atoms with Crippen LogP contribution in [0.25, 0.3) is 0 Å². The van der Waals surface area contributed by atoms with Gasteiger partial charge in [0.05, 0.1) is 12.1 Å². The van der Waals surface area contributed by atoms with E-state index in [0.29, 0.717) is 17.0 Å². The molecule has 7 nitrogen and oxygen atoms in total. The van der Waals surface area contributed by atoms with Crippen molar-refractivity contribution < 1.29 is 23.9 Å². The Kier molecular flexibility index (Phi) is 7.28. The first-order valence-electron chi connectivity index (χ1n) is 11.0. The number of Topliss-reactive ketones (excluding diaryl/α,β-unsaturated/α-hetero) is 1. The highest BCUT2D eigenvalue weighted by Gasteiger charge is 2.28. The van der Waals surface area contributed by atoms with Crippen LogP contribution in [0.5, 0.6) is 0 Å². The first kappa shape index (κ1) is 23.4. The van der Waals surface area contributed by atoms with Gasteiger partial charge in [-0.05, 0) is 49.9 Å². The highest BCUT2D eigenvalue weighted by Crippen LogP contribution is 2.19. The molecule has 1 saturated heterocycles. The molecule has 0 atom stereocenters. The van der Waals surface area contributed by atoms with Crippen LogP contribution in [-0.4, -0.2) is 39.6 Å². The van der Waals surface area contributed by atoms with Crippen LogP contribution in [0.1, 0.15) is 70.8 Å². The van der Waals surface area contributed by atoms with Crippen LogP contribution in [0.3, 0.4) is 0 Å². The zero-order valence-corrected chi connectivity index (χ0v) is 19.1. The van der Waals surface area contributed by atoms with E-state index in [-0.39, 0.29) is 43.6 Å². The summed E-state index contributed by atoms with van der Waals surface area (Å²) in [5.74, 6) is -0.614. The minimum absolute atomic E-state index is 0.180. The number of benzene rings is 1. The largest absolute Gasteiger partial charge is 0.454 e. The van der Waals surface area contributed by atoms with Crippen LogP contribution in [0.4, 0.5) is 0 Å². The molecule has 0 radical (unpaired) electrons. The molecule has 0 spiro atoms. The van der Waals surface area contributed by atoms with Crippen molar-refractivity contribution in [3.05, 3.63) is 58.4 Å². The number of hydrogen-bond donors (Lipinski definition) is 0. The Labute approximate surface area is 188 Å². The summed E-state index contributed by atoms with van der Waals surface area (Å²) in [6.07, 6.45) is 1.52. The number of esters is 1. The van der Waals surface area contributed by atoms with E-state index in [4.69, 9.17) is 4.74 Å². The molecule has 7 heteroatoms. The number of imide groups is 1. The van der Waals surface area contributed by atoms with Gasteiger partial charge < -0.3 is 9.30 Å². The van der Waals surface area contributed by atoms with Crippen molar-refractivity contribution in [1.82, 2.24) is 9.47 Å². The second kappa shape index (κ2) is 9.94. The zero-order valence-electron chi connectivity index (χ0n) is 19.1. The number of nitrogens with zero attached hydrogens (tertiary/aromatic N) is 2. The van der Waals surface area contributed by atoms with Crippen molar-refractivity contribution in [2.75, 3.05) is 6.61 Å². The first-order chi connectivity index (χ1) is 15.2. The molecule has 1 aromatic carbocycles. The number of carbonyl (C=O) groups excluding carboxylic acids is 4. The third-order valence-corrected chi connectivity index (χ3v) is 5.82. The summed E-state index contributed by atoms with van der Waals surface area (Å²) in [7, 11) is 0. The summed E-state index contributed by atoms with van der Waals surface area (Å²) in [4.78, 5) is 49.7. The molecule has 3 rings (SSSR count). The maximum absolute atomic E-state index is 12.7. The molecular weight excluding hydrogens is 408 g/mol. The molecule has 0 saturated carbocycles. The number of carbonyl (C=O) groups is 4. The van der Waals surface area contributed by atoms with Gasteiger partial charge in [-0.25, -0.2) is 4.79 Å². The maximum atomic E-state index is 12.7. The van der Waals surface area contributed by atoms with Gasteiger partial charge >= 0.3 is 5.97 Å². The number of hydrogen-bond acceptors (Lipinski definition) is 5. The topological polar surface area (TPSA) is 85.7 Å². The third-order valence-electron chi connectivity index (χ3n) is 5.82. The second-order valence-electron chi connectivity index (χ2n) is 8.69. The summed E-state index contributed by atoms with van der Waals surface area (Å²) in [6, 6.07) is 8.36. The lowest BCUT2D eigenvalue weighted by Crippen LogP contribution is -2.28. The fourth-order valence-electron chi connectivity index (χ4n) is 3.84. The molecule has 1 aliphatic rings. The van der Waals surface area contributed by atoms with Gasteiger partial charge in [-0.1, -0.05) is 26.0 Å². The summed E-state index contributed by atoms with van der Waals surface area (Å²) in [5.41, 5.74) is 3.54. The monoisotopic (exact) mass is 438 g/mol. The summed E-state index contributed by atoms with van der Waals surface area (Å²) < 4.78 is 7.37. The maximum Gasteiger partial charge on any atom is 0.338 e. The van der Waals surface area contributed by atoms with Gasteiger partial charge in [0.25, 0.3) is 0 Å². The van der Waals surface area contributed by atoms with Crippen molar-refractivity contribution in [2.45, 2.75) is 60.0 Å². The van der Waals surface area contributed by atoms with Gasteiger partial charge in [0, 0.05) is 36.3 Å². The Morgan fingerprint density at radius 1 is 1.03 bits per heavy atom. The molecular formula is C25H30N2O5. The number of amides is 2. The van der Waals surface area contributed by atoms with Crippen molar-refractivity contribution in [3.8, 4) is 0 Å². The van der Waals surface area contributed by atoms with Gasteiger partial charge in [0.2, 0.25) is 17.6 Å². The molecule has 170 valence electrons. The molecule has 2 heterocycles. The normalized spacial score (nSPS) is 13.8. The Bertz CT molecular complexity index is 1020. The van der Waals surface area contributed by atoms with Crippen molar-refractivity contribution >= 4 is 23.6 Å². The van der Waals surface area contributed by atoms with Crippen LogP contribution in [0.2, 0.25) is 0 Å². The number of rotatable bonds is 9. The molecule has 2 amide bonds. The number of aryl methyl sites for hydroxylation is 1. The van der Waals surface area contributed by atoms with E-state index >= 15 is 0 Å². The molecule has 0 unspecified atom stereocenters. The van der Waals surface area contributed by atoms with E-state index in [2.05, 4.69) is 18.4 Å². The van der Waals surface area contributed by atoms with E-state index in [1.54, 1.807) is 24.3 Å². The standard InChI is InChI=1S/C25H30N2O5/c1-16(2)11-12-26-17(3)13-21(18(26)4)22(28)15-32-25(31)20-7-5-19(6-8-20)14-27-23(29)9-10-24(27)30/h5-8,13,16H,9-12,14-15H2,1-4H3. The molecule has 1 aromatic heterocycles. The predicted molar refractivity (Wildman–Crippen MR) is 119 cm³/mol.